The van der Waals surface area contributed by atoms with Gasteiger partial charge in [-0.2, -0.15) is 0 Å². The molecular weight excluding hydrogens is 254 g/mol. The van der Waals surface area contributed by atoms with Gasteiger partial charge < -0.3 is 15.0 Å². The van der Waals surface area contributed by atoms with Gasteiger partial charge in [0.1, 0.15) is 5.15 Å². The third-order valence-electron chi connectivity index (χ3n) is 3.09. The summed E-state index contributed by atoms with van der Waals surface area (Å²) in [6.07, 6.45) is 4.15. The van der Waals surface area contributed by atoms with Crippen LogP contribution in [0, 0.1) is 0 Å². The molecule has 6 heteroatoms. The molecule has 0 saturated carbocycles. The van der Waals surface area contributed by atoms with E-state index in [1.54, 1.807) is 24.2 Å². The van der Waals surface area contributed by atoms with E-state index in [1.165, 1.54) is 0 Å². The second-order valence-corrected chi connectivity index (χ2v) is 4.52. The smallest absolute Gasteiger partial charge is 0.214 e. The van der Waals surface area contributed by atoms with Crippen LogP contribution in [0.15, 0.2) is 12.3 Å². The van der Waals surface area contributed by atoms with Crippen LogP contribution in [-0.2, 0) is 9.53 Å². The van der Waals surface area contributed by atoms with E-state index in [2.05, 4.69) is 10.3 Å². The normalized spacial score (nSPS) is 16.3. The first kappa shape index (κ1) is 13.1. The Kier molecular flexibility index (Phi) is 4.38. The summed E-state index contributed by atoms with van der Waals surface area (Å²) in [6, 6.07) is 1.86. The van der Waals surface area contributed by atoms with Crippen molar-refractivity contribution in [2.24, 2.45) is 0 Å². The quantitative estimate of drug-likeness (QED) is 0.670. The van der Waals surface area contributed by atoms with E-state index in [-0.39, 0.29) is 6.04 Å². The average molecular weight is 270 g/mol. The van der Waals surface area contributed by atoms with E-state index in [9.17, 15) is 4.79 Å². The summed E-state index contributed by atoms with van der Waals surface area (Å²) in [6.45, 7) is 1.37. The third-order valence-corrected chi connectivity index (χ3v) is 3.30. The van der Waals surface area contributed by atoms with Gasteiger partial charge >= 0.3 is 0 Å². The van der Waals surface area contributed by atoms with Gasteiger partial charge in [-0.25, -0.2) is 4.98 Å². The van der Waals surface area contributed by atoms with E-state index in [4.69, 9.17) is 16.3 Å². The summed E-state index contributed by atoms with van der Waals surface area (Å²) in [5, 5.41) is 3.40. The first-order valence-corrected chi connectivity index (χ1v) is 6.28. The molecule has 0 radical (unpaired) electrons. The summed E-state index contributed by atoms with van der Waals surface area (Å²) in [7, 11) is 1.79. The molecule has 1 aromatic heterocycles. The van der Waals surface area contributed by atoms with Crippen LogP contribution < -0.4 is 10.2 Å². The third kappa shape index (κ3) is 2.73. The van der Waals surface area contributed by atoms with E-state index in [0.717, 1.165) is 30.6 Å². The van der Waals surface area contributed by atoms with Crippen LogP contribution in [0.3, 0.4) is 0 Å². The predicted molar refractivity (Wildman–Crippen MR) is 71.2 cm³/mol. The molecule has 1 aliphatic rings. The van der Waals surface area contributed by atoms with Crippen molar-refractivity contribution in [3.63, 3.8) is 0 Å². The van der Waals surface area contributed by atoms with Crippen molar-refractivity contribution < 1.29 is 9.53 Å². The van der Waals surface area contributed by atoms with Crippen molar-refractivity contribution in [1.82, 2.24) is 4.98 Å². The Morgan fingerprint density at radius 2 is 2.28 bits per heavy atom. The summed E-state index contributed by atoms with van der Waals surface area (Å²) < 4.78 is 5.31. The number of halogens is 1. The molecule has 1 aliphatic heterocycles. The number of carbonyl (C=O) groups excluding carboxylic acids is 1. The van der Waals surface area contributed by atoms with Crippen LogP contribution in [0.25, 0.3) is 0 Å². The Morgan fingerprint density at radius 1 is 1.56 bits per heavy atom. The van der Waals surface area contributed by atoms with Crippen LogP contribution in [0.2, 0.25) is 5.15 Å². The van der Waals surface area contributed by atoms with Crippen molar-refractivity contribution in [2.45, 2.75) is 18.9 Å². The molecule has 1 fully saturated rings. The van der Waals surface area contributed by atoms with Crippen molar-refractivity contribution in [1.29, 1.82) is 0 Å². The Morgan fingerprint density at radius 3 is 2.89 bits per heavy atom. The number of hydrogen-bond donors (Lipinski definition) is 1. The average Bonchev–Trinajstić information content (AvgIpc) is 2.41. The largest absolute Gasteiger partial charge is 0.385 e. The van der Waals surface area contributed by atoms with Crippen molar-refractivity contribution >= 4 is 29.4 Å². The lowest BCUT2D eigenvalue weighted by molar-refractivity contribution is -0.108. The standard InChI is InChI=1S/C12H16ClN3O2/c1-14-10-7-15-12(13)6-11(10)16(8-17)9-2-4-18-5-3-9/h6-9,14H,2-5H2,1H3. The zero-order chi connectivity index (χ0) is 13.0. The number of carbonyl (C=O) groups is 1. The SMILES string of the molecule is CNc1cnc(Cl)cc1N(C=O)C1CCOCC1. The van der Waals surface area contributed by atoms with Gasteiger partial charge in [0.25, 0.3) is 0 Å². The van der Waals surface area contributed by atoms with Gasteiger partial charge in [-0.15, -0.1) is 0 Å². The fraction of sp³-hybridized carbons (Fsp3) is 0.500. The molecule has 0 unspecified atom stereocenters. The molecule has 1 N–H and O–H groups in total. The second kappa shape index (κ2) is 6.02. The number of pyridine rings is 1. The number of ether oxygens (including phenoxy) is 1. The molecule has 1 saturated heterocycles. The highest BCUT2D eigenvalue weighted by atomic mass is 35.5. The van der Waals surface area contributed by atoms with Crippen molar-refractivity contribution in [2.75, 3.05) is 30.5 Å². The maximum atomic E-state index is 11.4. The minimum absolute atomic E-state index is 0.154. The van der Waals surface area contributed by atoms with E-state index in [1.807, 2.05) is 0 Å². The summed E-state index contributed by atoms with van der Waals surface area (Å²) >= 11 is 5.91. The van der Waals surface area contributed by atoms with Crippen LogP contribution in [-0.4, -0.2) is 37.7 Å². The van der Waals surface area contributed by atoms with Crippen molar-refractivity contribution in [3.05, 3.63) is 17.4 Å². The highest BCUT2D eigenvalue weighted by Crippen LogP contribution is 2.30. The highest BCUT2D eigenvalue weighted by molar-refractivity contribution is 6.29. The molecule has 0 aliphatic carbocycles. The van der Waals surface area contributed by atoms with Crippen LogP contribution in [0.1, 0.15) is 12.8 Å². The highest BCUT2D eigenvalue weighted by Gasteiger charge is 2.23. The number of anilines is 2. The molecule has 5 nitrogen and oxygen atoms in total. The molecule has 0 bridgehead atoms. The van der Waals surface area contributed by atoms with E-state index < -0.39 is 0 Å². The van der Waals surface area contributed by atoms with Gasteiger partial charge in [0.2, 0.25) is 6.41 Å². The van der Waals surface area contributed by atoms with E-state index in [0.29, 0.717) is 18.4 Å². The molecule has 1 aromatic rings. The molecular formula is C12H16ClN3O2. The zero-order valence-electron chi connectivity index (χ0n) is 10.2. The lowest BCUT2D eigenvalue weighted by Gasteiger charge is -2.32. The van der Waals surface area contributed by atoms with Gasteiger partial charge in [0.05, 0.1) is 17.6 Å². The van der Waals surface area contributed by atoms with Crippen LogP contribution in [0.4, 0.5) is 11.4 Å². The monoisotopic (exact) mass is 269 g/mol. The minimum atomic E-state index is 0.154. The predicted octanol–water partition coefficient (Wildman–Crippen LogP) is 1.92. The number of nitrogens with one attached hydrogen (secondary N) is 1. The lowest BCUT2D eigenvalue weighted by Crippen LogP contribution is -2.39. The Hall–Kier alpha value is -1.33. The first-order valence-electron chi connectivity index (χ1n) is 5.91. The minimum Gasteiger partial charge on any atom is -0.385 e. The Balaban J connectivity index is 2.30. The Labute approximate surface area is 111 Å². The fourth-order valence-corrected chi connectivity index (χ4v) is 2.28. The molecule has 2 rings (SSSR count). The summed E-state index contributed by atoms with van der Waals surface area (Å²) in [5.74, 6) is 0. The topological polar surface area (TPSA) is 54.5 Å². The molecule has 0 aromatic carbocycles. The number of amides is 1. The molecule has 2 heterocycles. The molecule has 98 valence electrons. The number of hydrogen-bond acceptors (Lipinski definition) is 4. The molecule has 0 atom stereocenters. The zero-order valence-corrected chi connectivity index (χ0v) is 11.0. The first-order chi connectivity index (χ1) is 8.76. The van der Waals surface area contributed by atoms with Gasteiger partial charge in [-0.1, -0.05) is 11.6 Å². The number of rotatable bonds is 4. The van der Waals surface area contributed by atoms with Crippen LogP contribution in [0.5, 0.6) is 0 Å². The van der Waals surface area contributed by atoms with Gasteiger partial charge in [0, 0.05) is 32.4 Å². The second-order valence-electron chi connectivity index (χ2n) is 4.13. The van der Waals surface area contributed by atoms with E-state index >= 15 is 0 Å². The van der Waals surface area contributed by atoms with Gasteiger partial charge in [-0.05, 0) is 12.8 Å². The van der Waals surface area contributed by atoms with Gasteiger partial charge in [0.15, 0.2) is 0 Å². The molecule has 18 heavy (non-hydrogen) atoms. The number of aromatic nitrogens is 1. The van der Waals surface area contributed by atoms with Crippen molar-refractivity contribution in [3.8, 4) is 0 Å². The fourth-order valence-electron chi connectivity index (χ4n) is 2.13. The van der Waals surface area contributed by atoms with Gasteiger partial charge in [-0.3, -0.25) is 4.79 Å². The maximum absolute atomic E-state index is 11.4. The maximum Gasteiger partial charge on any atom is 0.214 e. The molecule has 1 amide bonds. The van der Waals surface area contributed by atoms with Crippen LogP contribution >= 0.6 is 11.6 Å². The Bertz CT molecular complexity index is 422. The summed E-state index contributed by atoms with van der Waals surface area (Å²) in [4.78, 5) is 17.1. The summed E-state index contributed by atoms with van der Waals surface area (Å²) in [5.41, 5.74) is 1.55. The number of nitrogens with zero attached hydrogens (tertiary/aromatic N) is 2. The lowest BCUT2D eigenvalue weighted by atomic mass is 10.1. The molecule has 0 spiro atoms.